The first kappa shape index (κ1) is 14.1. The Labute approximate surface area is 128 Å². The maximum absolute atomic E-state index is 9.51. The normalized spacial score (nSPS) is 19.1. The molecule has 108 valence electrons. The third kappa shape index (κ3) is 2.14. The molecule has 0 radical (unpaired) electrons. The number of pyridine rings is 1. The number of hydrogen-bond acceptors (Lipinski definition) is 5. The topological polar surface area (TPSA) is 72.9 Å². The first-order valence-corrected chi connectivity index (χ1v) is 7.37. The van der Waals surface area contributed by atoms with E-state index in [2.05, 4.69) is 22.0 Å². The zero-order valence-corrected chi connectivity index (χ0v) is 12.6. The summed E-state index contributed by atoms with van der Waals surface area (Å²) in [5.41, 5.74) is 1.71. The van der Waals surface area contributed by atoms with Crippen LogP contribution in [-0.2, 0) is 11.2 Å². The van der Waals surface area contributed by atoms with Crippen molar-refractivity contribution in [3.63, 3.8) is 0 Å². The van der Waals surface area contributed by atoms with Gasteiger partial charge in [0.1, 0.15) is 23.1 Å². The van der Waals surface area contributed by atoms with Crippen molar-refractivity contribution in [3.05, 3.63) is 21.8 Å². The average Bonchev–Trinajstić information content (AvgIpc) is 2.91. The van der Waals surface area contributed by atoms with Gasteiger partial charge in [-0.2, -0.15) is 10.5 Å². The van der Waals surface area contributed by atoms with Crippen LogP contribution >= 0.6 is 11.6 Å². The second kappa shape index (κ2) is 5.18. The van der Waals surface area contributed by atoms with Gasteiger partial charge in [0, 0.05) is 18.5 Å². The Morgan fingerprint density at radius 3 is 2.52 bits per heavy atom. The van der Waals surface area contributed by atoms with Crippen LogP contribution in [0.3, 0.4) is 0 Å². The van der Waals surface area contributed by atoms with E-state index in [4.69, 9.17) is 16.3 Å². The predicted molar refractivity (Wildman–Crippen MR) is 78.1 cm³/mol. The molecule has 6 heteroatoms. The lowest BCUT2D eigenvalue weighted by Crippen LogP contribution is -2.44. The molecule has 2 saturated heterocycles. The molecule has 0 saturated carbocycles. The summed E-state index contributed by atoms with van der Waals surface area (Å²) in [4.78, 5) is 6.44. The highest BCUT2D eigenvalue weighted by Gasteiger charge is 2.45. The minimum absolute atomic E-state index is 0.189. The lowest BCUT2D eigenvalue weighted by atomic mass is 9.85. The van der Waals surface area contributed by atoms with Crippen molar-refractivity contribution in [1.82, 2.24) is 4.98 Å². The number of anilines is 1. The second-order valence-electron chi connectivity index (χ2n) is 5.70. The van der Waals surface area contributed by atoms with Gasteiger partial charge in [0.25, 0.3) is 0 Å². The first-order valence-electron chi connectivity index (χ1n) is 6.99. The Balaban J connectivity index is 2.05. The average molecular weight is 303 g/mol. The number of ether oxygens (including phenoxy) is 1. The molecule has 0 atom stereocenters. The molecule has 0 N–H and O–H groups in total. The Morgan fingerprint density at radius 1 is 1.33 bits per heavy atom. The maximum Gasteiger partial charge on any atom is 0.149 e. The lowest BCUT2D eigenvalue weighted by Gasteiger charge is -2.37. The van der Waals surface area contributed by atoms with Gasteiger partial charge in [-0.25, -0.2) is 4.98 Å². The van der Waals surface area contributed by atoms with Crippen molar-refractivity contribution >= 4 is 17.4 Å². The molecule has 0 bridgehead atoms. The van der Waals surface area contributed by atoms with E-state index in [0.29, 0.717) is 28.9 Å². The summed E-state index contributed by atoms with van der Waals surface area (Å²) >= 11 is 6.15. The van der Waals surface area contributed by atoms with Gasteiger partial charge in [0.2, 0.25) is 0 Å². The standard InChI is InChI=1S/C15H15ClN4O/c1-2-10-11(5-17)13(16)19-14(12(10)6-18)20-4-3-15(7-20)8-21-9-15/h2-4,7-9H2,1H3. The van der Waals surface area contributed by atoms with Gasteiger partial charge in [-0.05, 0) is 18.4 Å². The van der Waals surface area contributed by atoms with E-state index >= 15 is 0 Å². The molecule has 3 heterocycles. The van der Waals surface area contributed by atoms with Crippen molar-refractivity contribution in [3.8, 4) is 12.1 Å². The lowest BCUT2D eigenvalue weighted by molar-refractivity contribution is -0.0985. The Bertz CT molecular complexity index is 670. The van der Waals surface area contributed by atoms with Gasteiger partial charge in [-0.3, -0.25) is 0 Å². The molecule has 1 aromatic rings. The predicted octanol–water partition coefficient (Wildman–Crippen LogP) is 2.27. The first-order chi connectivity index (χ1) is 10.1. The molecule has 3 rings (SSSR count). The van der Waals surface area contributed by atoms with Gasteiger partial charge in [0.15, 0.2) is 0 Å². The minimum atomic E-state index is 0.189. The van der Waals surface area contributed by atoms with Crippen LogP contribution < -0.4 is 4.90 Å². The second-order valence-corrected chi connectivity index (χ2v) is 6.05. The largest absolute Gasteiger partial charge is 0.380 e. The fourth-order valence-corrected chi connectivity index (χ4v) is 3.38. The van der Waals surface area contributed by atoms with E-state index in [1.54, 1.807) is 0 Å². The van der Waals surface area contributed by atoms with Gasteiger partial charge in [-0.15, -0.1) is 0 Å². The van der Waals surface area contributed by atoms with E-state index < -0.39 is 0 Å². The molecule has 5 nitrogen and oxygen atoms in total. The minimum Gasteiger partial charge on any atom is -0.380 e. The molecule has 2 aliphatic heterocycles. The van der Waals surface area contributed by atoms with E-state index in [0.717, 1.165) is 32.7 Å². The van der Waals surface area contributed by atoms with Crippen LogP contribution in [0.25, 0.3) is 0 Å². The summed E-state index contributed by atoms with van der Waals surface area (Å²) in [6, 6.07) is 4.27. The van der Waals surface area contributed by atoms with Crippen molar-refractivity contribution in [1.29, 1.82) is 10.5 Å². The maximum atomic E-state index is 9.51. The molecule has 0 amide bonds. The number of rotatable bonds is 2. The Hall–Kier alpha value is -1.82. The molecular formula is C15H15ClN4O. The van der Waals surface area contributed by atoms with E-state index in [-0.39, 0.29) is 10.6 Å². The summed E-state index contributed by atoms with van der Waals surface area (Å²) in [6.07, 6.45) is 1.63. The smallest absolute Gasteiger partial charge is 0.149 e. The molecule has 1 aromatic heterocycles. The highest BCUT2D eigenvalue weighted by molar-refractivity contribution is 6.30. The van der Waals surface area contributed by atoms with E-state index in [1.165, 1.54) is 0 Å². The highest BCUT2D eigenvalue weighted by Crippen LogP contribution is 2.40. The summed E-state index contributed by atoms with van der Waals surface area (Å²) in [5.74, 6) is 0.613. The number of halogens is 1. The van der Waals surface area contributed by atoms with Crippen LogP contribution in [0.2, 0.25) is 5.15 Å². The number of aromatic nitrogens is 1. The van der Waals surface area contributed by atoms with E-state index in [9.17, 15) is 10.5 Å². The van der Waals surface area contributed by atoms with Crippen molar-refractivity contribution < 1.29 is 4.74 Å². The van der Waals surface area contributed by atoms with Crippen molar-refractivity contribution in [2.75, 3.05) is 31.2 Å². The van der Waals surface area contributed by atoms with Crippen LogP contribution in [0.4, 0.5) is 5.82 Å². The third-order valence-corrected chi connectivity index (χ3v) is 4.64. The molecule has 0 aromatic carbocycles. The Morgan fingerprint density at radius 2 is 2.05 bits per heavy atom. The highest BCUT2D eigenvalue weighted by atomic mass is 35.5. The monoisotopic (exact) mass is 302 g/mol. The Kier molecular flexibility index (Phi) is 3.49. The molecule has 2 fully saturated rings. The summed E-state index contributed by atoms with van der Waals surface area (Å²) in [5, 5.41) is 18.9. The van der Waals surface area contributed by atoms with Crippen LogP contribution in [-0.4, -0.2) is 31.3 Å². The number of hydrogen-bond donors (Lipinski definition) is 0. The summed E-state index contributed by atoms with van der Waals surface area (Å²) < 4.78 is 5.32. The molecule has 0 aliphatic carbocycles. The van der Waals surface area contributed by atoms with Crippen LogP contribution in [0, 0.1) is 28.1 Å². The van der Waals surface area contributed by atoms with Gasteiger partial charge in [0.05, 0.1) is 24.3 Å². The SMILES string of the molecule is CCc1c(C#N)c(Cl)nc(N2CCC3(COC3)C2)c1C#N. The molecular weight excluding hydrogens is 288 g/mol. The zero-order valence-electron chi connectivity index (χ0n) is 11.8. The summed E-state index contributed by atoms with van der Waals surface area (Å²) in [6.45, 7) is 5.14. The fraction of sp³-hybridized carbons (Fsp3) is 0.533. The van der Waals surface area contributed by atoms with Crippen molar-refractivity contribution in [2.24, 2.45) is 5.41 Å². The van der Waals surface area contributed by atoms with Gasteiger partial charge < -0.3 is 9.64 Å². The van der Waals surface area contributed by atoms with Crippen molar-refractivity contribution in [2.45, 2.75) is 19.8 Å². The van der Waals surface area contributed by atoms with Crippen LogP contribution in [0.5, 0.6) is 0 Å². The van der Waals surface area contributed by atoms with E-state index in [1.807, 2.05) is 6.92 Å². The fourth-order valence-electron chi connectivity index (χ4n) is 3.14. The van der Waals surface area contributed by atoms with Crippen LogP contribution in [0.1, 0.15) is 30.0 Å². The third-order valence-electron chi connectivity index (χ3n) is 4.37. The molecule has 0 unspecified atom stereocenters. The molecule has 1 spiro atoms. The quantitative estimate of drug-likeness (QED) is 0.784. The van der Waals surface area contributed by atoms with Gasteiger partial charge in [-0.1, -0.05) is 18.5 Å². The zero-order chi connectivity index (χ0) is 15.0. The molecule has 2 aliphatic rings. The van der Waals surface area contributed by atoms with Crippen LogP contribution in [0.15, 0.2) is 0 Å². The van der Waals surface area contributed by atoms with Gasteiger partial charge >= 0.3 is 0 Å². The summed E-state index contributed by atoms with van der Waals surface area (Å²) in [7, 11) is 0. The number of nitrogens with zero attached hydrogens (tertiary/aromatic N) is 4. The molecule has 21 heavy (non-hydrogen) atoms. The number of nitriles is 2.